The van der Waals surface area contributed by atoms with Crippen molar-refractivity contribution in [3.63, 3.8) is 0 Å². The molecule has 0 saturated heterocycles. The van der Waals surface area contributed by atoms with Gasteiger partial charge in [0.25, 0.3) is 0 Å². The van der Waals surface area contributed by atoms with Crippen molar-refractivity contribution in [2.75, 3.05) is 20.1 Å². The van der Waals surface area contributed by atoms with E-state index in [2.05, 4.69) is 46.2 Å². The molecule has 0 saturated carbocycles. The van der Waals surface area contributed by atoms with E-state index in [1.807, 2.05) is 0 Å². The fourth-order valence-electron chi connectivity index (χ4n) is 1.89. The van der Waals surface area contributed by atoms with Gasteiger partial charge in [-0.3, -0.25) is 0 Å². The minimum atomic E-state index is 0.732. The van der Waals surface area contributed by atoms with Gasteiger partial charge in [-0.1, -0.05) is 6.92 Å². The Labute approximate surface area is 111 Å². The first-order chi connectivity index (χ1) is 7.61. The topological polar surface area (TPSA) is 29.3 Å². The van der Waals surface area contributed by atoms with Crippen LogP contribution in [0.4, 0.5) is 0 Å². The lowest BCUT2D eigenvalue weighted by atomic mass is 10.1. The van der Waals surface area contributed by atoms with Gasteiger partial charge in [0.15, 0.2) is 0 Å². The standard InChI is InChI=1S/C12H21BrN2S/c1-10(4-3-5-14)7-15(2)8-11-6-12(13)16-9-11/h6,9-10H,3-5,7-8,14H2,1-2H3. The van der Waals surface area contributed by atoms with E-state index in [-0.39, 0.29) is 0 Å². The third-order valence-electron chi connectivity index (χ3n) is 2.60. The van der Waals surface area contributed by atoms with E-state index in [0.717, 1.165) is 32.0 Å². The maximum absolute atomic E-state index is 5.52. The number of nitrogens with two attached hydrogens (primary N) is 1. The average Bonchev–Trinajstić information content (AvgIpc) is 2.60. The summed E-state index contributed by atoms with van der Waals surface area (Å²) in [5.74, 6) is 0.732. The maximum atomic E-state index is 5.52. The summed E-state index contributed by atoms with van der Waals surface area (Å²) in [6.45, 7) is 5.30. The molecule has 4 heteroatoms. The van der Waals surface area contributed by atoms with Crippen molar-refractivity contribution in [2.24, 2.45) is 11.7 Å². The Hall–Kier alpha value is 0.100. The third kappa shape index (κ3) is 5.43. The Bertz CT molecular complexity index is 301. The number of nitrogens with zero attached hydrogens (tertiary/aromatic N) is 1. The molecule has 2 nitrogen and oxygen atoms in total. The number of hydrogen-bond donors (Lipinski definition) is 1. The Kier molecular flexibility index (Phi) is 6.58. The molecular weight excluding hydrogens is 284 g/mol. The number of rotatable bonds is 7. The predicted molar refractivity (Wildman–Crippen MR) is 75.8 cm³/mol. The molecule has 0 bridgehead atoms. The van der Waals surface area contributed by atoms with Crippen LogP contribution < -0.4 is 5.73 Å². The van der Waals surface area contributed by atoms with E-state index in [9.17, 15) is 0 Å². The molecule has 1 aromatic heterocycles. The van der Waals surface area contributed by atoms with Gasteiger partial charge < -0.3 is 10.6 Å². The van der Waals surface area contributed by atoms with Crippen LogP contribution in [0.25, 0.3) is 0 Å². The zero-order valence-electron chi connectivity index (χ0n) is 10.1. The lowest BCUT2D eigenvalue weighted by Gasteiger charge is -2.20. The minimum absolute atomic E-state index is 0.732. The van der Waals surface area contributed by atoms with Gasteiger partial charge in [0, 0.05) is 13.1 Å². The highest BCUT2D eigenvalue weighted by Crippen LogP contribution is 2.21. The number of thiophene rings is 1. The van der Waals surface area contributed by atoms with Crippen molar-refractivity contribution in [3.05, 3.63) is 20.8 Å². The molecule has 1 rings (SSSR count). The summed E-state index contributed by atoms with van der Waals surface area (Å²) < 4.78 is 1.21. The van der Waals surface area contributed by atoms with E-state index in [1.165, 1.54) is 15.8 Å². The monoisotopic (exact) mass is 304 g/mol. The van der Waals surface area contributed by atoms with Gasteiger partial charge in [-0.25, -0.2) is 0 Å². The zero-order chi connectivity index (χ0) is 12.0. The fourth-order valence-corrected chi connectivity index (χ4v) is 3.09. The lowest BCUT2D eigenvalue weighted by Crippen LogP contribution is -2.24. The van der Waals surface area contributed by atoms with E-state index >= 15 is 0 Å². The van der Waals surface area contributed by atoms with Crippen molar-refractivity contribution < 1.29 is 0 Å². The fraction of sp³-hybridized carbons (Fsp3) is 0.667. The Morgan fingerprint density at radius 2 is 2.31 bits per heavy atom. The molecule has 1 heterocycles. The highest BCUT2D eigenvalue weighted by molar-refractivity contribution is 9.11. The highest BCUT2D eigenvalue weighted by atomic mass is 79.9. The molecule has 1 aromatic rings. The van der Waals surface area contributed by atoms with Crippen molar-refractivity contribution in [3.8, 4) is 0 Å². The smallest absolute Gasteiger partial charge is 0.0701 e. The van der Waals surface area contributed by atoms with Crippen LogP contribution in [0.5, 0.6) is 0 Å². The van der Waals surface area contributed by atoms with Gasteiger partial charge in [0.2, 0.25) is 0 Å². The first-order valence-electron chi connectivity index (χ1n) is 5.73. The average molecular weight is 305 g/mol. The summed E-state index contributed by atoms with van der Waals surface area (Å²) in [6.07, 6.45) is 2.37. The van der Waals surface area contributed by atoms with Gasteiger partial charge in [-0.2, -0.15) is 0 Å². The van der Waals surface area contributed by atoms with Gasteiger partial charge >= 0.3 is 0 Å². The quantitative estimate of drug-likeness (QED) is 0.837. The molecule has 0 fully saturated rings. The second-order valence-corrected chi connectivity index (χ2v) is 6.78. The van der Waals surface area contributed by atoms with Gasteiger partial charge in [-0.05, 0) is 65.3 Å². The van der Waals surface area contributed by atoms with Crippen molar-refractivity contribution in [2.45, 2.75) is 26.3 Å². The molecule has 1 unspecified atom stereocenters. The molecule has 1 atom stereocenters. The molecule has 0 aliphatic rings. The molecule has 16 heavy (non-hydrogen) atoms. The second kappa shape index (κ2) is 7.43. The van der Waals surface area contributed by atoms with E-state index < -0.39 is 0 Å². The Morgan fingerprint density at radius 3 is 2.88 bits per heavy atom. The second-order valence-electron chi connectivity index (χ2n) is 4.49. The summed E-state index contributed by atoms with van der Waals surface area (Å²) in [4.78, 5) is 2.38. The first-order valence-corrected chi connectivity index (χ1v) is 7.40. The molecule has 0 amide bonds. The lowest BCUT2D eigenvalue weighted by molar-refractivity contribution is 0.270. The summed E-state index contributed by atoms with van der Waals surface area (Å²) >= 11 is 5.25. The number of hydrogen-bond acceptors (Lipinski definition) is 3. The zero-order valence-corrected chi connectivity index (χ0v) is 12.5. The third-order valence-corrected chi connectivity index (χ3v) is 4.15. The molecule has 0 radical (unpaired) electrons. The van der Waals surface area contributed by atoms with Crippen LogP contribution in [0.1, 0.15) is 25.3 Å². The summed E-state index contributed by atoms with van der Waals surface area (Å²) in [5, 5.41) is 2.21. The van der Waals surface area contributed by atoms with Crippen LogP contribution in [0.2, 0.25) is 0 Å². The van der Waals surface area contributed by atoms with Crippen LogP contribution in [0.15, 0.2) is 15.2 Å². The van der Waals surface area contributed by atoms with Crippen LogP contribution >= 0.6 is 27.3 Å². The normalized spacial score (nSPS) is 13.3. The summed E-state index contributed by atoms with van der Waals surface area (Å²) in [6, 6.07) is 2.20. The summed E-state index contributed by atoms with van der Waals surface area (Å²) in [5.41, 5.74) is 6.91. The SMILES string of the molecule is CC(CCCN)CN(C)Cc1csc(Br)c1. The molecular formula is C12H21BrN2S. The molecule has 0 aromatic carbocycles. The molecule has 92 valence electrons. The van der Waals surface area contributed by atoms with Crippen LogP contribution in [-0.2, 0) is 6.54 Å². The molecule has 0 spiro atoms. The van der Waals surface area contributed by atoms with Crippen LogP contribution in [0.3, 0.4) is 0 Å². The molecule has 2 N–H and O–H groups in total. The molecule has 0 aliphatic heterocycles. The van der Waals surface area contributed by atoms with E-state index in [0.29, 0.717) is 0 Å². The first kappa shape index (κ1) is 14.2. The van der Waals surface area contributed by atoms with Crippen molar-refractivity contribution in [1.29, 1.82) is 0 Å². The summed E-state index contributed by atoms with van der Waals surface area (Å²) in [7, 11) is 2.19. The van der Waals surface area contributed by atoms with Gasteiger partial charge in [0.05, 0.1) is 3.79 Å². The van der Waals surface area contributed by atoms with E-state index in [4.69, 9.17) is 5.73 Å². The van der Waals surface area contributed by atoms with Crippen LogP contribution in [0, 0.1) is 5.92 Å². The van der Waals surface area contributed by atoms with Crippen molar-refractivity contribution >= 4 is 27.3 Å². The van der Waals surface area contributed by atoms with Crippen LogP contribution in [-0.4, -0.2) is 25.0 Å². The van der Waals surface area contributed by atoms with Gasteiger partial charge in [-0.15, -0.1) is 11.3 Å². The predicted octanol–water partition coefficient (Wildman–Crippen LogP) is 3.32. The minimum Gasteiger partial charge on any atom is -0.330 e. The largest absolute Gasteiger partial charge is 0.330 e. The van der Waals surface area contributed by atoms with E-state index in [1.54, 1.807) is 11.3 Å². The molecule has 0 aliphatic carbocycles. The maximum Gasteiger partial charge on any atom is 0.0701 e. The van der Waals surface area contributed by atoms with Gasteiger partial charge in [0.1, 0.15) is 0 Å². The number of halogens is 1. The Balaban J connectivity index is 2.27. The Morgan fingerprint density at radius 1 is 1.56 bits per heavy atom. The highest BCUT2D eigenvalue weighted by Gasteiger charge is 2.07. The van der Waals surface area contributed by atoms with Crippen molar-refractivity contribution in [1.82, 2.24) is 4.90 Å².